The Hall–Kier alpha value is -2.36. The SMILES string of the molecule is CC(=O)Nc1ccc(OCc2cccnc2)cc1. The lowest BCUT2D eigenvalue weighted by Gasteiger charge is -2.07. The van der Waals surface area contributed by atoms with E-state index in [0.717, 1.165) is 17.0 Å². The molecule has 0 aliphatic carbocycles. The fraction of sp³-hybridized carbons (Fsp3) is 0.143. The number of aromatic nitrogens is 1. The van der Waals surface area contributed by atoms with Crippen molar-refractivity contribution in [2.24, 2.45) is 0 Å². The van der Waals surface area contributed by atoms with Gasteiger partial charge < -0.3 is 10.1 Å². The van der Waals surface area contributed by atoms with Crippen molar-refractivity contribution >= 4 is 11.6 Å². The predicted octanol–water partition coefficient (Wildman–Crippen LogP) is 2.62. The van der Waals surface area contributed by atoms with Gasteiger partial charge in [0.25, 0.3) is 0 Å². The number of pyridine rings is 1. The van der Waals surface area contributed by atoms with Gasteiger partial charge in [-0.3, -0.25) is 9.78 Å². The van der Waals surface area contributed by atoms with Gasteiger partial charge in [-0.05, 0) is 30.3 Å². The molecule has 1 N–H and O–H groups in total. The second-order valence-corrected chi connectivity index (χ2v) is 3.86. The van der Waals surface area contributed by atoms with Crippen LogP contribution >= 0.6 is 0 Å². The normalized spacial score (nSPS) is 9.83. The van der Waals surface area contributed by atoms with E-state index < -0.39 is 0 Å². The fourth-order valence-electron chi connectivity index (χ4n) is 1.49. The molecule has 1 aromatic heterocycles. The molecule has 4 heteroatoms. The maximum atomic E-state index is 10.9. The second kappa shape index (κ2) is 5.82. The lowest BCUT2D eigenvalue weighted by molar-refractivity contribution is -0.114. The van der Waals surface area contributed by atoms with Crippen molar-refractivity contribution in [2.75, 3.05) is 5.32 Å². The van der Waals surface area contributed by atoms with Crippen LogP contribution in [-0.2, 0) is 11.4 Å². The Morgan fingerprint density at radius 1 is 1.28 bits per heavy atom. The van der Waals surface area contributed by atoms with Crippen LogP contribution < -0.4 is 10.1 Å². The monoisotopic (exact) mass is 242 g/mol. The Morgan fingerprint density at radius 2 is 2.06 bits per heavy atom. The third-order valence-corrected chi connectivity index (χ3v) is 2.30. The molecule has 1 aromatic carbocycles. The molecule has 0 saturated heterocycles. The van der Waals surface area contributed by atoms with Crippen LogP contribution in [0.5, 0.6) is 5.75 Å². The van der Waals surface area contributed by atoms with E-state index in [1.54, 1.807) is 24.5 Å². The molecule has 18 heavy (non-hydrogen) atoms. The second-order valence-electron chi connectivity index (χ2n) is 3.86. The molecule has 0 radical (unpaired) electrons. The van der Waals surface area contributed by atoms with Crippen LogP contribution in [0.1, 0.15) is 12.5 Å². The van der Waals surface area contributed by atoms with E-state index in [4.69, 9.17) is 4.74 Å². The van der Waals surface area contributed by atoms with E-state index >= 15 is 0 Å². The summed E-state index contributed by atoms with van der Waals surface area (Å²) in [7, 11) is 0. The van der Waals surface area contributed by atoms with Gasteiger partial charge >= 0.3 is 0 Å². The molecular formula is C14H14N2O2. The van der Waals surface area contributed by atoms with Crippen LogP contribution in [-0.4, -0.2) is 10.9 Å². The van der Waals surface area contributed by atoms with Crippen molar-refractivity contribution < 1.29 is 9.53 Å². The summed E-state index contributed by atoms with van der Waals surface area (Å²) in [5.74, 6) is 0.673. The first-order valence-corrected chi connectivity index (χ1v) is 5.63. The van der Waals surface area contributed by atoms with E-state index in [0.29, 0.717) is 6.61 Å². The van der Waals surface area contributed by atoms with E-state index in [9.17, 15) is 4.79 Å². The smallest absolute Gasteiger partial charge is 0.221 e. The molecule has 0 aliphatic rings. The van der Waals surface area contributed by atoms with Gasteiger partial charge in [0.05, 0.1) is 0 Å². The maximum absolute atomic E-state index is 10.9. The maximum Gasteiger partial charge on any atom is 0.221 e. The van der Waals surface area contributed by atoms with Gasteiger partial charge in [0, 0.05) is 30.6 Å². The molecule has 0 atom stereocenters. The summed E-state index contributed by atoms with van der Waals surface area (Å²) in [6, 6.07) is 11.1. The number of anilines is 1. The summed E-state index contributed by atoms with van der Waals surface area (Å²) < 4.78 is 5.60. The summed E-state index contributed by atoms with van der Waals surface area (Å²) in [5, 5.41) is 2.70. The van der Waals surface area contributed by atoms with Crippen molar-refractivity contribution in [1.82, 2.24) is 4.98 Å². The molecule has 0 aliphatic heterocycles. The number of benzene rings is 1. The number of hydrogen-bond acceptors (Lipinski definition) is 3. The summed E-state index contributed by atoms with van der Waals surface area (Å²) in [6.07, 6.45) is 3.50. The van der Waals surface area contributed by atoms with Crippen LogP contribution in [0, 0.1) is 0 Å². The van der Waals surface area contributed by atoms with Crippen molar-refractivity contribution in [2.45, 2.75) is 13.5 Å². The predicted molar refractivity (Wildman–Crippen MR) is 69.3 cm³/mol. The first-order valence-electron chi connectivity index (χ1n) is 5.63. The minimum atomic E-state index is -0.0842. The highest BCUT2D eigenvalue weighted by molar-refractivity contribution is 5.88. The van der Waals surface area contributed by atoms with Gasteiger partial charge in [-0.25, -0.2) is 0 Å². The molecule has 92 valence electrons. The quantitative estimate of drug-likeness (QED) is 0.896. The highest BCUT2D eigenvalue weighted by Crippen LogP contribution is 2.16. The largest absolute Gasteiger partial charge is 0.489 e. The van der Waals surface area contributed by atoms with Gasteiger partial charge in [-0.2, -0.15) is 0 Å². The number of nitrogens with zero attached hydrogens (tertiary/aromatic N) is 1. The number of ether oxygens (including phenoxy) is 1. The van der Waals surface area contributed by atoms with Gasteiger partial charge in [-0.1, -0.05) is 6.07 Å². The van der Waals surface area contributed by atoms with Gasteiger partial charge in [0.2, 0.25) is 5.91 Å². The minimum Gasteiger partial charge on any atom is -0.489 e. The Labute approximate surface area is 106 Å². The van der Waals surface area contributed by atoms with Crippen LogP contribution in [0.4, 0.5) is 5.69 Å². The highest BCUT2D eigenvalue weighted by atomic mass is 16.5. The molecule has 0 spiro atoms. The molecule has 1 amide bonds. The van der Waals surface area contributed by atoms with Crippen LogP contribution in [0.15, 0.2) is 48.8 Å². The zero-order valence-electron chi connectivity index (χ0n) is 10.1. The third-order valence-electron chi connectivity index (χ3n) is 2.30. The van der Waals surface area contributed by atoms with E-state index in [1.807, 2.05) is 24.3 Å². The lowest BCUT2D eigenvalue weighted by atomic mass is 10.3. The van der Waals surface area contributed by atoms with Crippen molar-refractivity contribution in [1.29, 1.82) is 0 Å². The number of carbonyl (C=O) groups excluding carboxylic acids is 1. The molecular weight excluding hydrogens is 228 g/mol. The van der Waals surface area contributed by atoms with E-state index in [2.05, 4.69) is 10.3 Å². The van der Waals surface area contributed by atoms with Gasteiger partial charge in [-0.15, -0.1) is 0 Å². The Morgan fingerprint density at radius 3 is 2.67 bits per heavy atom. The molecule has 0 saturated carbocycles. The summed E-state index contributed by atoms with van der Waals surface area (Å²) in [5.41, 5.74) is 1.78. The molecule has 2 aromatic rings. The Bertz CT molecular complexity index is 509. The fourth-order valence-corrected chi connectivity index (χ4v) is 1.49. The highest BCUT2D eigenvalue weighted by Gasteiger charge is 1.98. The number of rotatable bonds is 4. The molecule has 2 rings (SSSR count). The zero-order valence-corrected chi connectivity index (χ0v) is 10.1. The Balaban J connectivity index is 1.92. The van der Waals surface area contributed by atoms with Crippen molar-refractivity contribution in [3.05, 3.63) is 54.4 Å². The summed E-state index contributed by atoms with van der Waals surface area (Å²) in [4.78, 5) is 14.9. The molecule has 4 nitrogen and oxygen atoms in total. The molecule has 0 unspecified atom stereocenters. The lowest BCUT2D eigenvalue weighted by Crippen LogP contribution is -2.05. The average Bonchev–Trinajstić information content (AvgIpc) is 2.38. The Kier molecular flexibility index (Phi) is 3.91. The van der Waals surface area contributed by atoms with E-state index in [1.165, 1.54) is 6.92 Å². The van der Waals surface area contributed by atoms with Gasteiger partial charge in [0.15, 0.2) is 0 Å². The molecule has 0 bridgehead atoms. The third kappa shape index (κ3) is 3.59. The zero-order chi connectivity index (χ0) is 12.8. The average molecular weight is 242 g/mol. The van der Waals surface area contributed by atoms with Crippen LogP contribution in [0.3, 0.4) is 0 Å². The standard InChI is InChI=1S/C14H14N2O2/c1-11(17)16-13-4-6-14(7-5-13)18-10-12-3-2-8-15-9-12/h2-9H,10H2,1H3,(H,16,17). The number of nitrogens with one attached hydrogen (secondary N) is 1. The summed E-state index contributed by atoms with van der Waals surface area (Å²) in [6.45, 7) is 1.96. The molecule has 1 heterocycles. The van der Waals surface area contributed by atoms with Crippen LogP contribution in [0.2, 0.25) is 0 Å². The first-order chi connectivity index (χ1) is 8.74. The van der Waals surface area contributed by atoms with Crippen molar-refractivity contribution in [3.63, 3.8) is 0 Å². The van der Waals surface area contributed by atoms with Crippen molar-refractivity contribution in [3.8, 4) is 5.75 Å². The number of carbonyl (C=O) groups is 1. The number of amides is 1. The number of hydrogen-bond donors (Lipinski definition) is 1. The van der Waals surface area contributed by atoms with E-state index in [-0.39, 0.29) is 5.91 Å². The topological polar surface area (TPSA) is 51.2 Å². The van der Waals surface area contributed by atoms with Gasteiger partial charge in [0.1, 0.15) is 12.4 Å². The molecule has 0 fully saturated rings. The van der Waals surface area contributed by atoms with Crippen LogP contribution in [0.25, 0.3) is 0 Å². The summed E-state index contributed by atoms with van der Waals surface area (Å²) >= 11 is 0. The minimum absolute atomic E-state index is 0.0842. The first kappa shape index (κ1) is 12.1.